The Morgan fingerprint density at radius 2 is 0.557 bits per heavy atom. The minimum Gasteiger partial charge on any atom is -0.315 e. The van der Waals surface area contributed by atoms with Crippen molar-refractivity contribution in [1.29, 1.82) is 0 Å². The maximum atomic E-state index is 3.41. The molecule has 12 heterocycles. The number of rotatable bonds is 7. The van der Waals surface area contributed by atoms with Crippen LogP contribution >= 0.6 is 0 Å². The SMILES string of the molecule is C1CCN(C2CCNC2)C1.C1CCN(C2CNC2)C1.C1CCN(C2CNC2)CC1.C1CN(C2CCNC2)C1.C1CN(C2CNC2)C1.CN(C)C1CCNC1.CN(C)C1CNC1. The van der Waals surface area contributed by atoms with Gasteiger partial charge in [0.25, 0.3) is 0 Å². The number of nitrogens with zero attached hydrogens (tertiary/aromatic N) is 7. The van der Waals surface area contributed by atoms with E-state index in [1.165, 1.54) is 234 Å². The van der Waals surface area contributed by atoms with Gasteiger partial charge in [-0.1, -0.05) is 6.42 Å². The van der Waals surface area contributed by atoms with Crippen molar-refractivity contribution < 1.29 is 0 Å². The molecule has 7 N–H and O–H groups in total. The molecule has 14 heteroatoms. The summed E-state index contributed by atoms with van der Waals surface area (Å²) >= 11 is 0. The van der Waals surface area contributed by atoms with Gasteiger partial charge in [-0.05, 0) is 184 Å². The number of likely N-dealkylation sites (N-methyl/N-ethyl adjacent to an activating group) is 2. The van der Waals surface area contributed by atoms with Gasteiger partial charge in [0.1, 0.15) is 0 Å². The van der Waals surface area contributed by atoms with Crippen LogP contribution in [0.3, 0.4) is 0 Å². The number of piperidine rings is 1. The van der Waals surface area contributed by atoms with E-state index in [1.54, 1.807) is 0 Å². The van der Waals surface area contributed by atoms with Crippen molar-refractivity contribution in [3.63, 3.8) is 0 Å². The first-order valence-corrected chi connectivity index (χ1v) is 25.9. The maximum Gasteiger partial charge on any atom is 0.0345 e. The van der Waals surface area contributed by atoms with Crippen molar-refractivity contribution in [2.75, 3.05) is 185 Å². The van der Waals surface area contributed by atoms with Crippen molar-refractivity contribution in [3.05, 3.63) is 0 Å². The van der Waals surface area contributed by atoms with Gasteiger partial charge in [-0.25, -0.2) is 0 Å². The number of likely N-dealkylation sites (tertiary alicyclic amines) is 5. The average molecular weight is 859 g/mol. The Hall–Kier alpha value is -0.560. The van der Waals surface area contributed by atoms with Crippen LogP contribution in [0.4, 0.5) is 0 Å². The molecule has 61 heavy (non-hydrogen) atoms. The molecule has 14 nitrogen and oxygen atoms in total. The molecular weight excluding hydrogens is 761 g/mol. The zero-order valence-corrected chi connectivity index (χ0v) is 40.1. The fraction of sp³-hybridized carbons (Fsp3) is 1.00. The molecule has 0 aromatic rings. The Bertz CT molecular complexity index is 1020. The summed E-state index contributed by atoms with van der Waals surface area (Å²) in [7, 11) is 8.51. The second-order valence-electron chi connectivity index (χ2n) is 20.5. The van der Waals surface area contributed by atoms with E-state index in [2.05, 4.69) is 99.7 Å². The molecular formula is C47H98N14. The smallest absolute Gasteiger partial charge is 0.0345 e. The summed E-state index contributed by atoms with van der Waals surface area (Å²) in [4.78, 5) is 17.5. The van der Waals surface area contributed by atoms with Gasteiger partial charge < -0.3 is 47.0 Å². The van der Waals surface area contributed by atoms with Gasteiger partial charge in [0.15, 0.2) is 0 Å². The first-order valence-electron chi connectivity index (χ1n) is 25.9. The van der Waals surface area contributed by atoms with E-state index >= 15 is 0 Å². The molecule has 356 valence electrons. The Kier molecular flexibility index (Phi) is 23.3. The molecule has 12 fully saturated rings. The molecule has 3 atom stereocenters. The van der Waals surface area contributed by atoms with Crippen molar-refractivity contribution in [2.45, 2.75) is 119 Å². The highest BCUT2D eigenvalue weighted by Crippen LogP contribution is 2.18. The van der Waals surface area contributed by atoms with E-state index in [-0.39, 0.29) is 0 Å². The third-order valence-corrected chi connectivity index (χ3v) is 15.6. The molecule has 0 spiro atoms. The van der Waals surface area contributed by atoms with Gasteiger partial charge >= 0.3 is 0 Å². The van der Waals surface area contributed by atoms with Gasteiger partial charge in [0.05, 0.1) is 0 Å². The van der Waals surface area contributed by atoms with Crippen LogP contribution in [0.15, 0.2) is 0 Å². The predicted molar refractivity (Wildman–Crippen MR) is 257 cm³/mol. The topological polar surface area (TPSA) is 107 Å². The van der Waals surface area contributed by atoms with Crippen molar-refractivity contribution in [2.24, 2.45) is 0 Å². The minimum atomic E-state index is 0.787. The number of hydrogen-bond donors (Lipinski definition) is 7. The van der Waals surface area contributed by atoms with E-state index < -0.39 is 0 Å². The minimum absolute atomic E-state index is 0.787. The Morgan fingerprint density at radius 1 is 0.279 bits per heavy atom. The van der Waals surface area contributed by atoms with Gasteiger partial charge in [-0.15, -0.1) is 0 Å². The summed E-state index contributed by atoms with van der Waals surface area (Å²) in [5.74, 6) is 0. The first-order chi connectivity index (χ1) is 29.9. The van der Waals surface area contributed by atoms with Crippen molar-refractivity contribution >= 4 is 0 Å². The summed E-state index contributed by atoms with van der Waals surface area (Å²) < 4.78 is 0. The van der Waals surface area contributed by atoms with Crippen molar-refractivity contribution in [3.8, 4) is 0 Å². The summed E-state index contributed by atoms with van der Waals surface area (Å²) in [6.45, 7) is 30.6. The lowest BCUT2D eigenvalue weighted by molar-refractivity contribution is 0.0827. The van der Waals surface area contributed by atoms with Crippen LogP contribution in [0.2, 0.25) is 0 Å². The fourth-order valence-corrected chi connectivity index (χ4v) is 10.1. The van der Waals surface area contributed by atoms with Crippen LogP contribution < -0.4 is 37.2 Å². The van der Waals surface area contributed by atoms with Crippen LogP contribution in [0.25, 0.3) is 0 Å². The summed E-state index contributed by atoms with van der Waals surface area (Å²) in [6, 6.07) is 6.05. The molecule has 0 radical (unpaired) electrons. The van der Waals surface area contributed by atoms with E-state index in [0.717, 1.165) is 42.3 Å². The summed E-state index contributed by atoms with van der Waals surface area (Å²) in [5.41, 5.74) is 0. The second kappa shape index (κ2) is 28.5. The maximum absolute atomic E-state index is 3.41. The Morgan fingerprint density at radius 3 is 0.754 bits per heavy atom. The van der Waals surface area contributed by atoms with Crippen LogP contribution in [0.1, 0.15) is 77.0 Å². The number of nitrogens with one attached hydrogen (secondary N) is 7. The molecule has 0 aromatic heterocycles. The molecule has 0 saturated carbocycles. The third kappa shape index (κ3) is 17.3. The molecule has 12 aliphatic heterocycles. The van der Waals surface area contributed by atoms with Crippen LogP contribution in [-0.4, -0.2) is 262 Å². The van der Waals surface area contributed by atoms with E-state index in [9.17, 15) is 0 Å². The lowest BCUT2D eigenvalue weighted by Crippen LogP contribution is -2.60. The monoisotopic (exact) mass is 859 g/mol. The first kappa shape index (κ1) is 49.9. The van der Waals surface area contributed by atoms with Gasteiger partial charge in [-0.3, -0.25) is 24.5 Å². The van der Waals surface area contributed by atoms with E-state index in [0.29, 0.717) is 0 Å². The third-order valence-electron chi connectivity index (χ3n) is 15.6. The van der Waals surface area contributed by atoms with Crippen LogP contribution in [-0.2, 0) is 0 Å². The van der Waals surface area contributed by atoms with Crippen LogP contribution in [0, 0.1) is 0 Å². The number of hydrogen-bond acceptors (Lipinski definition) is 14. The highest BCUT2D eigenvalue weighted by atomic mass is 15.3. The molecule has 0 aliphatic carbocycles. The van der Waals surface area contributed by atoms with Gasteiger partial charge in [0.2, 0.25) is 0 Å². The lowest BCUT2D eigenvalue weighted by atomic mass is 10.1. The molecule has 3 unspecified atom stereocenters. The predicted octanol–water partition coefficient (Wildman–Crippen LogP) is 0.0898. The molecule has 0 aromatic carbocycles. The van der Waals surface area contributed by atoms with Gasteiger partial charge in [0, 0.05) is 114 Å². The lowest BCUT2D eigenvalue weighted by Gasteiger charge is -2.43. The Balaban J connectivity index is 0.000000119. The molecule has 0 bridgehead atoms. The van der Waals surface area contributed by atoms with Gasteiger partial charge in [-0.2, -0.15) is 0 Å². The van der Waals surface area contributed by atoms with Crippen molar-refractivity contribution in [1.82, 2.24) is 71.5 Å². The highest BCUT2D eigenvalue weighted by Gasteiger charge is 2.29. The molecule has 0 amide bonds. The molecule has 12 rings (SSSR count). The standard InChI is InChI=1S/2C8H16N2.2C7H14N2.C6H12N2.C6H14N2.C5H12N2/c1-2-6-10(5-1)8-3-4-9-7-8;1-2-4-10(5-3-1)8-6-9-7-8;1-4-9(5-1)7-2-3-8-6-7;1-2-4-9(3-1)7-5-8-6-7;1-2-8(3-1)6-4-7-5-6;1-8(2)6-3-4-7-5-6;1-7(2)5-3-6-4-5/h2*8-9H,1-7H2;2*7-8H,1-6H2;6-7H,1-5H2;6-7H,3-5H2,1-2H3;5-6H,3-4H2,1-2H3. The largest absolute Gasteiger partial charge is 0.315 e. The Labute approximate surface area is 375 Å². The average Bonchev–Trinajstić information content (AvgIpc) is 3.99. The zero-order valence-electron chi connectivity index (χ0n) is 40.1. The summed E-state index contributed by atoms with van der Waals surface area (Å²) in [5, 5.41) is 23.2. The fourth-order valence-electron chi connectivity index (χ4n) is 10.1. The summed E-state index contributed by atoms with van der Waals surface area (Å²) in [6.07, 6.45) is 16.9. The zero-order chi connectivity index (χ0) is 42.5. The highest BCUT2D eigenvalue weighted by molar-refractivity contribution is 4.89. The molecule has 12 aliphatic rings. The second-order valence-corrected chi connectivity index (χ2v) is 20.5. The quantitative estimate of drug-likeness (QED) is 0.188. The van der Waals surface area contributed by atoms with E-state index in [1.807, 2.05) is 0 Å². The van der Waals surface area contributed by atoms with E-state index in [4.69, 9.17) is 0 Å². The molecule has 12 saturated heterocycles. The van der Waals surface area contributed by atoms with Crippen LogP contribution in [0.5, 0.6) is 0 Å². The normalized spacial score (nSPS) is 31.3.